The van der Waals surface area contributed by atoms with Crippen molar-refractivity contribution >= 4 is 23.3 Å². The van der Waals surface area contributed by atoms with Crippen LogP contribution in [-0.2, 0) is 20.9 Å². The number of carbonyl (C=O) groups is 3. The van der Waals surface area contributed by atoms with Crippen LogP contribution >= 0.6 is 0 Å². The molecule has 0 N–H and O–H groups in total. The normalized spacial score (nSPS) is 28.9. The van der Waals surface area contributed by atoms with Gasteiger partial charge in [-0.1, -0.05) is 60.2 Å². The van der Waals surface area contributed by atoms with E-state index in [-0.39, 0.29) is 12.5 Å². The predicted octanol–water partition coefficient (Wildman–Crippen LogP) is 3.69. The highest BCUT2D eigenvalue weighted by Gasteiger charge is 2.90. The summed E-state index contributed by atoms with van der Waals surface area (Å²) in [6.07, 6.45) is 0. The molecule has 3 atom stereocenters. The van der Waals surface area contributed by atoms with Gasteiger partial charge in [-0.15, -0.1) is 0 Å². The van der Waals surface area contributed by atoms with Gasteiger partial charge >= 0.3 is 0 Å². The first kappa shape index (κ1) is 21.6. The van der Waals surface area contributed by atoms with Crippen LogP contribution in [0.5, 0.6) is 0 Å². The van der Waals surface area contributed by atoms with Crippen molar-refractivity contribution in [3.63, 3.8) is 0 Å². The van der Waals surface area contributed by atoms with Crippen molar-refractivity contribution in [1.82, 2.24) is 9.91 Å². The summed E-state index contributed by atoms with van der Waals surface area (Å²) in [7, 11) is 0. The number of ketones is 1. The van der Waals surface area contributed by atoms with E-state index in [0.717, 1.165) is 16.7 Å². The van der Waals surface area contributed by atoms with Crippen LogP contribution in [0.25, 0.3) is 0 Å². The lowest BCUT2D eigenvalue weighted by Crippen LogP contribution is -2.44. The highest BCUT2D eigenvalue weighted by atomic mass is 16.2. The number of hydrazone groups is 1. The molecule has 1 saturated heterocycles. The van der Waals surface area contributed by atoms with Crippen LogP contribution < -0.4 is 0 Å². The molecule has 2 unspecified atom stereocenters. The number of amides is 2. The van der Waals surface area contributed by atoms with Gasteiger partial charge in [0, 0.05) is 19.0 Å². The average Bonchev–Trinajstić information content (AvgIpc) is 3.19. The summed E-state index contributed by atoms with van der Waals surface area (Å²) in [5.74, 6) is -1.57. The lowest BCUT2D eigenvalue weighted by molar-refractivity contribution is -0.143. The van der Waals surface area contributed by atoms with Crippen molar-refractivity contribution in [2.45, 2.75) is 52.6 Å². The Labute approximate surface area is 194 Å². The second kappa shape index (κ2) is 6.86. The van der Waals surface area contributed by atoms with Crippen LogP contribution in [0.2, 0.25) is 0 Å². The Kier molecular flexibility index (Phi) is 4.48. The van der Waals surface area contributed by atoms with Crippen molar-refractivity contribution in [3.8, 4) is 0 Å². The summed E-state index contributed by atoms with van der Waals surface area (Å²) in [5, 5.41) is 6.17. The lowest BCUT2D eigenvalue weighted by atomic mass is 9.86. The van der Waals surface area contributed by atoms with Crippen molar-refractivity contribution in [3.05, 3.63) is 71.3 Å². The maximum absolute atomic E-state index is 14.0. The number of carbonyl (C=O) groups excluding carboxylic acids is 3. The number of Topliss-reactive ketones (excluding diaryl/α,β-unsaturated/α-hetero) is 1. The number of aryl methyl sites for hydroxylation is 1. The van der Waals surface area contributed by atoms with Crippen molar-refractivity contribution in [2.24, 2.45) is 15.9 Å². The molecule has 0 bridgehead atoms. The van der Waals surface area contributed by atoms with Gasteiger partial charge in [-0.25, -0.2) is 5.01 Å². The van der Waals surface area contributed by atoms with Gasteiger partial charge in [0.2, 0.25) is 5.78 Å². The number of benzene rings is 2. The zero-order valence-corrected chi connectivity index (χ0v) is 19.8. The molecule has 2 aliphatic heterocycles. The first-order valence-electron chi connectivity index (χ1n) is 11.4. The quantitative estimate of drug-likeness (QED) is 0.680. The summed E-state index contributed by atoms with van der Waals surface area (Å²) in [6, 6.07) is 17.6. The number of nitrogens with zero attached hydrogens (tertiary/aromatic N) is 3. The lowest BCUT2D eigenvalue weighted by Gasteiger charge is -2.29. The standard InChI is InChI=1S/C27H29N3O3/c1-17-10-9-13-20(14-17)21-26(27(21)18(2)28-30(24(27)33)25(3,4)5)16-29(23(32)22(26)31)15-19-11-7-6-8-12-19/h6-14,21H,15-16H2,1-5H3/t21-,26?,27?/m0/s1. The van der Waals surface area contributed by atoms with Crippen LogP contribution in [0, 0.1) is 17.8 Å². The first-order chi connectivity index (χ1) is 15.5. The second-order valence-electron chi connectivity index (χ2n) is 10.6. The molecule has 33 heavy (non-hydrogen) atoms. The zero-order valence-electron chi connectivity index (χ0n) is 19.8. The minimum absolute atomic E-state index is 0.179. The Bertz CT molecular complexity index is 1210. The Hall–Kier alpha value is -3.28. The number of rotatable bonds is 3. The molecule has 1 aliphatic carbocycles. The van der Waals surface area contributed by atoms with Gasteiger partial charge < -0.3 is 4.90 Å². The summed E-state index contributed by atoms with van der Waals surface area (Å²) < 4.78 is 0. The number of fused-ring (bicyclic) bond motifs is 1. The van der Waals surface area contributed by atoms with Crippen LogP contribution in [0.1, 0.15) is 50.3 Å². The van der Waals surface area contributed by atoms with E-state index in [1.54, 1.807) is 4.90 Å². The summed E-state index contributed by atoms with van der Waals surface area (Å²) in [4.78, 5) is 42.6. The van der Waals surface area contributed by atoms with Crippen molar-refractivity contribution in [2.75, 3.05) is 6.54 Å². The molecule has 0 radical (unpaired) electrons. The van der Waals surface area contributed by atoms with E-state index in [4.69, 9.17) is 0 Å². The minimum Gasteiger partial charge on any atom is -0.331 e. The van der Waals surface area contributed by atoms with Gasteiger partial charge in [0.25, 0.3) is 11.8 Å². The summed E-state index contributed by atoms with van der Waals surface area (Å²) in [5.41, 5.74) is 0.766. The van der Waals surface area contributed by atoms with Crippen LogP contribution in [-0.4, -0.2) is 45.3 Å². The van der Waals surface area contributed by atoms with Crippen LogP contribution in [0.4, 0.5) is 0 Å². The van der Waals surface area contributed by atoms with Crippen molar-refractivity contribution in [1.29, 1.82) is 0 Å². The largest absolute Gasteiger partial charge is 0.331 e. The van der Waals surface area contributed by atoms with Gasteiger partial charge in [-0.05, 0) is 45.7 Å². The maximum Gasteiger partial charge on any atom is 0.291 e. The molecule has 2 aromatic rings. The number of likely N-dealkylation sites (tertiary alicyclic amines) is 1. The molecule has 6 nitrogen and oxygen atoms in total. The monoisotopic (exact) mass is 443 g/mol. The fourth-order valence-electron chi connectivity index (χ4n) is 6.05. The Morgan fingerprint density at radius 1 is 1.00 bits per heavy atom. The highest BCUT2D eigenvalue weighted by molar-refractivity contribution is 6.45. The third-order valence-electron chi connectivity index (χ3n) is 7.45. The summed E-state index contributed by atoms with van der Waals surface area (Å²) in [6.45, 7) is 10.2. The van der Waals surface area contributed by atoms with Crippen LogP contribution in [0.3, 0.4) is 0 Å². The van der Waals surface area contributed by atoms with E-state index in [9.17, 15) is 14.4 Å². The Balaban J connectivity index is 1.63. The molecule has 0 aromatic heterocycles. The van der Waals surface area contributed by atoms with E-state index in [1.807, 2.05) is 89.2 Å². The van der Waals surface area contributed by atoms with Gasteiger partial charge in [0.05, 0.1) is 16.7 Å². The van der Waals surface area contributed by atoms with Gasteiger partial charge in [-0.3, -0.25) is 14.4 Å². The molecule has 2 amide bonds. The summed E-state index contributed by atoms with van der Waals surface area (Å²) >= 11 is 0. The topological polar surface area (TPSA) is 70.1 Å². The fourth-order valence-corrected chi connectivity index (χ4v) is 6.05. The van der Waals surface area contributed by atoms with Gasteiger partial charge in [-0.2, -0.15) is 5.10 Å². The molecule has 1 saturated carbocycles. The third kappa shape index (κ3) is 2.73. The third-order valence-corrected chi connectivity index (χ3v) is 7.45. The smallest absolute Gasteiger partial charge is 0.291 e. The SMILES string of the molecule is CC1=NN(C(C)(C)C)C(=O)C12[C@@H](c1cccc(C)c1)C21CN(Cc2ccccc2)C(=O)C1=O. The van der Waals surface area contributed by atoms with E-state index in [2.05, 4.69) is 5.10 Å². The van der Waals surface area contributed by atoms with E-state index in [1.165, 1.54) is 5.01 Å². The van der Waals surface area contributed by atoms with E-state index < -0.39 is 34.0 Å². The molecule has 2 heterocycles. The Morgan fingerprint density at radius 3 is 2.30 bits per heavy atom. The van der Waals surface area contributed by atoms with Crippen LogP contribution in [0.15, 0.2) is 59.7 Å². The van der Waals surface area contributed by atoms with E-state index >= 15 is 0 Å². The van der Waals surface area contributed by atoms with Gasteiger partial charge in [0.15, 0.2) is 0 Å². The second-order valence-corrected chi connectivity index (χ2v) is 10.6. The maximum atomic E-state index is 14.0. The molecular weight excluding hydrogens is 414 g/mol. The molecular formula is C27H29N3O3. The molecule has 3 aliphatic rings. The van der Waals surface area contributed by atoms with Crippen molar-refractivity contribution < 1.29 is 14.4 Å². The molecule has 5 rings (SSSR count). The number of hydrogen-bond donors (Lipinski definition) is 0. The zero-order chi connectivity index (χ0) is 23.8. The molecule has 2 fully saturated rings. The average molecular weight is 444 g/mol. The molecule has 2 spiro atoms. The van der Waals surface area contributed by atoms with Gasteiger partial charge in [0.1, 0.15) is 5.41 Å². The highest BCUT2D eigenvalue weighted by Crippen LogP contribution is 2.79. The van der Waals surface area contributed by atoms with E-state index in [0.29, 0.717) is 12.3 Å². The predicted molar refractivity (Wildman–Crippen MR) is 125 cm³/mol. The molecule has 2 aromatic carbocycles. The molecule has 6 heteroatoms. The fraction of sp³-hybridized carbons (Fsp3) is 0.407. The minimum atomic E-state index is -1.13. The molecule has 170 valence electrons. The Morgan fingerprint density at radius 2 is 1.70 bits per heavy atom. The first-order valence-corrected chi connectivity index (χ1v) is 11.4. The number of hydrogen-bond acceptors (Lipinski definition) is 4.